The number of hydrogen-bond donors (Lipinski definition) is 3. The van der Waals surface area contributed by atoms with Crippen molar-refractivity contribution in [3.63, 3.8) is 0 Å². The summed E-state index contributed by atoms with van der Waals surface area (Å²) < 4.78 is 7.58. The smallest absolute Gasteiger partial charge is 0.191 e. The normalized spacial score (nSPS) is 12.9. The third kappa shape index (κ3) is 5.99. The van der Waals surface area contributed by atoms with Gasteiger partial charge >= 0.3 is 0 Å². The van der Waals surface area contributed by atoms with Gasteiger partial charge < -0.3 is 20.5 Å². The number of nitrogens with one attached hydrogen (secondary N) is 2. The number of aryl methyl sites for hydroxylation is 2. The second-order valence-electron chi connectivity index (χ2n) is 7.10. The molecule has 1 aromatic heterocycles. The molecule has 154 valence electrons. The molecule has 0 amide bonds. The zero-order valence-electron chi connectivity index (χ0n) is 17.8. The van der Waals surface area contributed by atoms with Crippen LogP contribution in [0, 0.1) is 13.8 Å². The van der Waals surface area contributed by atoms with Crippen molar-refractivity contribution in [2.45, 2.75) is 53.4 Å². The number of benzene rings is 1. The molecule has 0 saturated heterocycles. The minimum atomic E-state index is -0.665. The minimum absolute atomic E-state index is 0.0948. The third-order valence-electron chi connectivity index (χ3n) is 4.48. The van der Waals surface area contributed by atoms with E-state index in [9.17, 15) is 5.11 Å². The van der Waals surface area contributed by atoms with E-state index in [-0.39, 0.29) is 6.10 Å². The van der Waals surface area contributed by atoms with Gasteiger partial charge in [0.2, 0.25) is 0 Å². The van der Waals surface area contributed by atoms with Gasteiger partial charge in [-0.3, -0.25) is 4.68 Å². The lowest BCUT2D eigenvalue weighted by Gasteiger charge is -2.17. The van der Waals surface area contributed by atoms with E-state index in [1.54, 1.807) is 0 Å². The van der Waals surface area contributed by atoms with E-state index in [4.69, 9.17) is 4.74 Å². The van der Waals surface area contributed by atoms with E-state index in [0.717, 1.165) is 34.8 Å². The molecular weight excluding hydrogens is 354 g/mol. The maximum Gasteiger partial charge on any atom is 0.191 e. The molecule has 1 heterocycles. The first-order chi connectivity index (χ1) is 13.3. The van der Waals surface area contributed by atoms with Crippen LogP contribution in [0.5, 0.6) is 5.75 Å². The first-order valence-electron chi connectivity index (χ1n) is 9.77. The second kappa shape index (κ2) is 10.1. The fourth-order valence-electron chi connectivity index (χ4n) is 2.92. The second-order valence-corrected chi connectivity index (χ2v) is 7.10. The highest BCUT2D eigenvalue weighted by Gasteiger charge is 2.12. The number of guanidine groups is 1. The Morgan fingerprint density at radius 1 is 1.29 bits per heavy atom. The topological polar surface area (TPSA) is 83.7 Å². The van der Waals surface area contributed by atoms with Gasteiger partial charge in [0.15, 0.2) is 5.96 Å². The van der Waals surface area contributed by atoms with Crippen LogP contribution in [0.2, 0.25) is 0 Å². The summed E-state index contributed by atoms with van der Waals surface area (Å²) in [6.45, 7) is 11.6. The van der Waals surface area contributed by atoms with Gasteiger partial charge in [-0.15, -0.1) is 0 Å². The summed E-state index contributed by atoms with van der Waals surface area (Å²) >= 11 is 0. The quantitative estimate of drug-likeness (QED) is 0.479. The molecule has 0 aliphatic heterocycles. The Kier molecular flexibility index (Phi) is 7.87. The number of aliphatic imine (C=N–C) groups is 1. The molecular formula is C21H33N5O2. The van der Waals surface area contributed by atoms with Crippen LogP contribution in [0.4, 0.5) is 0 Å². The summed E-state index contributed by atoms with van der Waals surface area (Å²) in [5, 5.41) is 21.4. The molecule has 0 aliphatic rings. The van der Waals surface area contributed by atoms with Gasteiger partial charge in [-0.05, 0) is 52.3 Å². The van der Waals surface area contributed by atoms with Crippen LogP contribution < -0.4 is 15.4 Å². The van der Waals surface area contributed by atoms with E-state index < -0.39 is 6.10 Å². The number of aliphatic hydroxyl groups is 1. The molecule has 28 heavy (non-hydrogen) atoms. The molecule has 0 bridgehead atoms. The number of aliphatic hydroxyl groups excluding tert-OH is 1. The summed E-state index contributed by atoms with van der Waals surface area (Å²) in [6.07, 6.45) is -0.571. The van der Waals surface area contributed by atoms with Crippen molar-refractivity contribution in [1.29, 1.82) is 0 Å². The van der Waals surface area contributed by atoms with Gasteiger partial charge in [-0.25, -0.2) is 4.99 Å². The van der Waals surface area contributed by atoms with E-state index in [2.05, 4.69) is 20.7 Å². The molecule has 7 nitrogen and oxygen atoms in total. The highest BCUT2D eigenvalue weighted by Crippen LogP contribution is 2.20. The van der Waals surface area contributed by atoms with Crippen LogP contribution >= 0.6 is 0 Å². The molecule has 2 aromatic rings. The monoisotopic (exact) mass is 387 g/mol. The molecule has 1 unspecified atom stereocenters. The maximum absolute atomic E-state index is 10.6. The van der Waals surface area contributed by atoms with Crippen molar-refractivity contribution in [2.24, 2.45) is 12.0 Å². The lowest BCUT2D eigenvalue weighted by atomic mass is 10.1. The van der Waals surface area contributed by atoms with Gasteiger partial charge in [-0.1, -0.05) is 12.1 Å². The van der Waals surface area contributed by atoms with Crippen molar-refractivity contribution in [1.82, 2.24) is 20.4 Å². The number of aromatic nitrogens is 2. The number of nitrogens with zero attached hydrogens (tertiary/aromatic N) is 3. The Hall–Kier alpha value is -2.54. The van der Waals surface area contributed by atoms with Crippen LogP contribution in [0.15, 0.2) is 29.3 Å². The Labute approximate surface area is 167 Å². The Morgan fingerprint density at radius 3 is 2.64 bits per heavy atom. The van der Waals surface area contributed by atoms with Crippen LogP contribution in [0.3, 0.4) is 0 Å². The molecule has 7 heteroatoms. The summed E-state index contributed by atoms with van der Waals surface area (Å²) in [6, 6.07) is 7.56. The number of rotatable bonds is 8. The molecule has 1 aromatic carbocycles. The zero-order valence-corrected chi connectivity index (χ0v) is 17.8. The Balaban J connectivity index is 2.02. The van der Waals surface area contributed by atoms with Gasteiger partial charge in [0.1, 0.15) is 5.75 Å². The Morgan fingerprint density at radius 2 is 2.04 bits per heavy atom. The first kappa shape index (κ1) is 21.8. The van der Waals surface area contributed by atoms with Crippen molar-refractivity contribution < 1.29 is 9.84 Å². The summed E-state index contributed by atoms with van der Waals surface area (Å²) in [5.74, 6) is 1.42. The van der Waals surface area contributed by atoms with Crippen LogP contribution in [0.25, 0.3) is 0 Å². The minimum Gasteiger partial charge on any atom is -0.491 e. The molecule has 1 atom stereocenters. The Bertz CT molecular complexity index is 798. The van der Waals surface area contributed by atoms with Crippen LogP contribution in [-0.4, -0.2) is 40.0 Å². The summed E-state index contributed by atoms with van der Waals surface area (Å²) in [5.41, 5.74) is 4.03. The summed E-state index contributed by atoms with van der Waals surface area (Å²) in [7, 11) is 1.94. The first-order valence-corrected chi connectivity index (χ1v) is 9.77. The number of hydrogen-bond acceptors (Lipinski definition) is 4. The average Bonchev–Trinajstić information content (AvgIpc) is 2.88. The van der Waals surface area contributed by atoms with Crippen molar-refractivity contribution in [2.75, 3.05) is 13.1 Å². The summed E-state index contributed by atoms with van der Waals surface area (Å²) in [4.78, 5) is 4.65. The van der Waals surface area contributed by atoms with E-state index in [0.29, 0.717) is 19.0 Å². The average molecular weight is 388 g/mol. The largest absolute Gasteiger partial charge is 0.491 e. The SMILES string of the molecule is CCNC(=NCc1c(C)nn(C)c1C)NCC(O)c1cccc(OC(C)C)c1. The fraction of sp³-hybridized carbons (Fsp3) is 0.524. The van der Waals surface area contributed by atoms with Crippen LogP contribution in [-0.2, 0) is 13.6 Å². The highest BCUT2D eigenvalue weighted by molar-refractivity contribution is 5.79. The highest BCUT2D eigenvalue weighted by atomic mass is 16.5. The molecule has 0 aliphatic carbocycles. The molecule has 0 saturated carbocycles. The fourth-order valence-corrected chi connectivity index (χ4v) is 2.92. The molecule has 0 radical (unpaired) electrons. The lowest BCUT2D eigenvalue weighted by molar-refractivity contribution is 0.179. The van der Waals surface area contributed by atoms with Gasteiger partial charge in [0.25, 0.3) is 0 Å². The molecule has 3 N–H and O–H groups in total. The van der Waals surface area contributed by atoms with E-state index >= 15 is 0 Å². The van der Waals surface area contributed by atoms with Gasteiger partial charge in [-0.2, -0.15) is 5.10 Å². The van der Waals surface area contributed by atoms with Crippen molar-refractivity contribution >= 4 is 5.96 Å². The van der Waals surface area contributed by atoms with E-state index in [1.807, 2.05) is 70.6 Å². The molecule has 0 fully saturated rings. The predicted molar refractivity (Wildman–Crippen MR) is 113 cm³/mol. The lowest BCUT2D eigenvalue weighted by Crippen LogP contribution is -2.39. The predicted octanol–water partition coefficient (Wildman–Crippen LogP) is 2.61. The van der Waals surface area contributed by atoms with Gasteiger partial charge in [0, 0.05) is 31.4 Å². The standard InChI is InChI=1S/C21H33N5O2/c1-7-22-21(23-12-19-15(4)25-26(6)16(19)5)24-13-20(27)17-9-8-10-18(11-17)28-14(2)3/h8-11,14,20,27H,7,12-13H2,1-6H3,(H2,22,23,24). The molecule has 0 spiro atoms. The van der Waals surface area contributed by atoms with Gasteiger partial charge in [0.05, 0.1) is 24.4 Å². The van der Waals surface area contributed by atoms with E-state index in [1.165, 1.54) is 0 Å². The molecule has 2 rings (SSSR count). The third-order valence-corrected chi connectivity index (χ3v) is 4.48. The zero-order chi connectivity index (χ0) is 20.7. The number of ether oxygens (including phenoxy) is 1. The van der Waals surface area contributed by atoms with Crippen molar-refractivity contribution in [3.05, 3.63) is 46.8 Å². The van der Waals surface area contributed by atoms with Crippen molar-refractivity contribution in [3.8, 4) is 5.75 Å². The maximum atomic E-state index is 10.6. The van der Waals surface area contributed by atoms with Crippen LogP contribution in [0.1, 0.15) is 49.4 Å².